The van der Waals surface area contributed by atoms with Gasteiger partial charge in [-0.1, -0.05) is 27.7 Å². The molecule has 0 spiro atoms. The average Bonchev–Trinajstić information content (AvgIpc) is 2.68. The number of carboxylic acids is 1. The van der Waals surface area contributed by atoms with Crippen molar-refractivity contribution in [2.45, 2.75) is 77.5 Å². The first-order valence-corrected chi connectivity index (χ1v) is 12.3. The van der Waals surface area contributed by atoms with Gasteiger partial charge in [-0.15, -0.1) is 0 Å². The summed E-state index contributed by atoms with van der Waals surface area (Å²) in [6, 6.07) is -4.36. The van der Waals surface area contributed by atoms with Crippen molar-refractivity contribution < 1.29 is 29.1 Å². The number of amides is 4. The summed E-state index contributed by atoms with van der Waals surface area (Å²) in [5.41, 5.74) is 11.1. The van der Waals surface area contributed by atoms with E-state index in [4.69, 9.17) is 11.5 Å². The molecule has 0 bridgehead atoms. The van der Waals surface area contributed by atoms with Crippen LogP contribution in [0.3, 0.4) is 0 Å². The van der Waals surface area contributed by atoms with Gasteiger partial charge in [0.2, 0.25) is 23.6 Å². The van der Waals surface area contributed by atoms with E-state index in [-0.39, 0.29) is 24.7 Å². The minimum Gasteiger partial charge on any atom is -0.480 e. The van der Waals surface area contributed by atoms with Crippen LogP contribution in [0.15, 0.2) is 0 Å². The molecule has 0 fully saturated rings. The maximum atomic E-state index is 12.9. The maximum Gasteiger partial charge on any atom is 0.326 e. The van der Waals surface area contributed by atoms with Crippen LogP contribution in [0.25, 0.3) is 0 Å². The van der Waals surface area contributed by atoms with E-state index in [9.17, 15) is 29.1 Å². The molecule has 4 atom stereocenters. The van der Waals surface area contributed by atoms with Gasteiger partial charge in [-0.3, -0.25) is 19.2 Å². The van der Waals surface area contributed by atoms with Crippen LogP contribution in [0.2, 0.25) is 0 Å². The SMILES string of the molecule is CSCCC(NC(=O)C(CC(N)=O)NC(=O)C(N)CC(C)C)C(=O)NC(CC(C)C)C(=O)O. The van der Waals surface area contributed by atoms with Gasteiger partial charge in [-0.2, -0.15) is 11.8 Å². The first-order valence-electron chi connectivity index (χ1n) is 10.9. The Morgan fingerprint density at radius 3 is 1.76 bits per heavy atom. The normalized spacial score (nSPS) is 14.8. The van der Waals surface area contributed by atoms with Gasteiger partial charge in [0.1, 0.15) is 18.1 Å². The third kappa shape index (κ3) is 13.1. The summed E-state index contributed by atoms with van der Waals surface area (Å²) in [5.74, 6) is -3.38. The fraction of sp³-hybridized carbons (Fsp3) is 0.762. The molecular formula is C21H39N5O6S. The second kappa shape index (κ2) is 15.5. The van der Waals surface area contributed by atoms with Crippen molar-refractivity contribution in [1.29, 1.82) is 0 Å². The molecule has 0 saturated carbocycles. The van der Waals surface area contributed by atoms with Crippen LogP contribution in [-0.4, -0.2) is 70.9 Å². The number of nitrogens with two attached hydrogens (primary N) is 2. The first-order chi connectivity index (χ1) is 15.3. The Labute approximate surface area is 199 Å². The van der Waals surface area contributed by atoms with Crippen LogP contribution >= 0.6 is 11.8 Å². The zero-order valence-electron chi connectivity index (χ0n) is 20.1. The Morgan fingerprint density at radius 1 is 0.818 bits per heavy atom. The number of aliphatic carboxylic acids is 1. The molecular weight excluding hydrogens is 450 g/mol. The lowest BCUT2D eigenvalue weighted by Gasteiger charge is -2.25. The Kier molecular flexibility index (Phi) is 14.4. The van der Waals surface area contributed by atoms with Crippen LogP contribution in [-0.2, 0) is 24.0 Å². The molecule has 0 radical (unpaired) electrons. The average molecular weight is 490 g/mol. The van der Waals surface area contributed by atoms with E-state index in [1.54, 1.807) is 0 Å². The summed E-state index contributed by atoms with van der Waals surface area (Å²) >= 11 is 1.44. The van der Waals surface area contributed by atoms with Crippen molar-refractivity contribution in [3.05, 3.63) is 0 Å². The van der Waals surface area contributed by atoms with Crippen LogP contribution in [0.5, 0.6) is 0 Å². The zero-order valence-corrected chi connectivity index (χ0v) is 20.9. The number of nitrogens with one attached hydrogen (secondary N) is 3. The van der Waals surface area contributed by atoms with Crippen molar-refractivity contribution in [3.63, 3.8) is 0 Å². The summed E-state index contributed by atoms with van der Waals surface area (Å²) in [7, 11) is 0. The molecule has 0 aromatic rings. The third-order valence-electron chi connectivity index (χ3n) is 4.67. The van der Waals surface area contributed by atoms with Gasteiger partial charge in [0.25, 0.3) is 0 Å². The van der Waals surface area contributed by atoms with Crippen molar-refractivity contribution in [1.82, 2.24) is 16.0 Å². The fourth-order valence-electron chi connectivity index (χ4n) is 3.05. The third-order valence-corrected chi connectivity index (χ3v) is 5.31. The number of carboxylic acid groups (broad SMARTS) is 1. The Hall–Kier alpha value is -2.34. The maximum absolute atomic E-state index is 12.9. The molecule has 0 saturated heterocycles. The monoisotopic (exact) mass is 489 g/mol. The highest BCUT2D eigenvalue weighted by Gasteiger charge is 2.31. The molecule has 0 aliphatic carbocycles. The highest BCUT2D eigenvalue weighted by atomic mass is 32.2. The quantitative estimate of drug-likeness (QED) is 0.168. The van der Waals surface area contributed by atoms with E-state index in [2.05, 4.69) is 16.0 Å². The van der Waals surface area contributed by atoms with E-state index in [1.165, 1.54) is 11.8 Å². The largest absolute Gasteiger partial charge is 0.480 e. The molecule has 0 heterocycles. The molecule has 4 unspecified atom stereocenters. The summed E-state index contributed by atoms with van der Waals surface area (Å²) in [5, 5.41) is 16.8. The molecule has 11 nitrogen and oxygen atoms in total. The number of hydrogen-bond donors (Lipinski definition) is 6. The fourth-order valence-corrected chi connectivity index (χ4v) is 3.52. The number of hydrogen-bond acceptors (Lipinski definition) is 7. The summed E-state index contributed by atoms with van der Waals surface area (Å²) < 4.78 is 0. The molecule has 190 valence electrons. The highest BCUT2D eigenvalue weighted by Crippen LogP contribution is 2.08. The lowest BCUT2D eigenvalue weighted by Crippen LogP contribution is -2.58. The molecule has 0 rings (SSSR count). The molecule has 12 heteroatoms. The van der Waals surface area contributed by atoms with Gasteiger partial charge in [-0.05, 0) is 43.1 Å². The minimum absolute atomic E-state index is 0.0239. The van der Waals surface area contributed by atoms with E-state index in [1.807, 2.05) is 34.0 Å². The van der Waals surface area contributed by atoms with Crippen LogP contribution < -0.4 is 27.4 Å². The first kappa shape index (κ1) is 30.7. The minimum atomic E-state index is -1.32. The predicted molar refractivity (Wildman–Crippen MR) is 127 cm³/mol. The van der Waals surface area contributed by atoms with Gasteiger partial charge >= 0.3 is 5.97 Å². The van der Waals surface area contributed by atoms with Crippen molar-refractivity contribution in [3.8, 4) is 0 Å². The summed E-state index contributed by atoms with van der Waals surface area (Å²) in [6.45, 7) is 7.44. The Bertz CT molecular complexity index is 688. The van der Waals surface area contributed by atoms with Crippen molar-refractivity contribution >= 4 is 41.4 Å². The number of primary amides is 1. The second-order valence-corrected chi connectivity index (χ2v) is 9.82. The topological polar surface area (TPSA) is 194 Å². The zero-order chi connectivity index (χ0) is 25.7. The van der Waals surface area contributed by atoms with E-state index in [0.29, 0.717) is 12.2 Å². The highest BCUT2D eigenvalue weighted by molar-refractivity contribution is 7.98. The van der Waals surface area contributed by atoms with Gasteiger partial charge < -0.3 is 32.5 Å². The number of carbonyl (C=O) groups is 5. The lowest BCUT2D eigenvalue weighted by atomic mass is 10.0. The molecule has 33 heavy (non-hydrogen) atoms. The second-order valence-electron chi connectivity index (χ2n) is 8.84. The standard InChI is InChI=1S/C21H39N5O6S/c1-11(2)8-13(22)18(28)25-15(10-17(23)27)20(30)24-14(6-7-33-5)19(29)26-16(21(31)32)9-12(3)4/h11-16H,6-10,22H2,1-5H3,(H2,23,27)(H,24,30)(H,25,28)(H,26,29)(H,31,32). The number of rotatable bonds is 16. The van der Waals surface area contributed by atoms with Gasteiger partial charge in [0.15, 0.2) is 0 Å². The van der Waals surface area contributed by atoms with Crippen LogP contribution in [0.4, 0.5) is 0 Å². The molecule has 0 aromatic carbocycles. The van der Waals surface area contributed by atoms with Gasteiger partial charge in [-0.25, -0.2) is 4.79 Å². The Balaban J connectivity index is 5.47. The Morgan fingerprint density at radius 2 is 1.30 bits per heavy atom. The molecule has 8 N–H and O–H groups in total. The predicted octanol–water partition coefficient (Wildman–Crippen LogP) is -0.427. The lowest BCUT2D eigenvalue weighted by molar-refractivity contribution is -0.143. The van der Waals surface area contributed by atoms with E-state index in [0.717, 1.165) is 0 Å². The van der Waals surface area contributed by atoms with Crippen molar-refractivity contribution in [2.24, 2.45) is 23.3 Å². The summed E-state index contributed by atoms with van der Waals surface area (Å²) in [6.07, 6.45) is 2.16. The molecule has 0 aliphatic heterocycles. The molecule has 4 amide bonds. The number of carbonyl (C=O) groups excluding carboxylic acids is 4. The van der Waals surface area contributed by atoms with Crippen LogP contribution in [0.1, 0.15) is 53.4 Å². The van der Waals surface area contributed by atoms with E-state index >= 15 is 0 Å². The van der Waals surface area contributed by atoms with E-state index < -0.39 is 60.2 Å². The molecule has 0 aromatic heterocycles. The summed E-state index contributed by atoms with van der Waals surface area (Å²) in [4.78, 5) is 61.0. The number of thioether (sulfide) groups is 1. The van der Waals surface area contributed by atoms with Crippen LogP contribution in [0, 0.1) is 11.8 Å². The van der Waals surface area contributed by atoms with Gasteiger partial charge in [0, 0.05) is 0 Å². The smallest absolute Gasteiger partial charge is 0.326 e. The van der Waals surface area contributed by atoms with Gasteiger partial charge in [0.05, 0.1) is 12.5 Å². The molecule has 0 aliphatic rings. The van der Waals surface area contributed by atoms with Crippen molar-refractivity contribution in [2.75, 3.05) is 12.0 Å².